The Morgan fingerprint density at radius 1 is 1.25 bits per heavy atom. The lowest BCUT2D eigenvalue weighted by molar-refractivity contribution is -0.131. The van der Waals surface area contributed by atoms with Gasteiger partial charge in [0.1, 0.15) is 5.54 Å². The third-order valence-electron chi connectivity index (χ3n) is 5.52. The fraction of sp³-hybridized carbons (Fsp3) is 0.750. The summed E-state index contributed by atoms with van der Waals surface area (Å²) >= 11 is 0. The number of likely N-dealkylation sites (tertiary alicyclic amines) is 1. The van der Waals surface area contributed by atoms with Crippen molar-refractivity contribution in [1.29, 1.82) is 0 Å². The highest BCUT2D eigenvalue weighted by atomic mass is 16.5. The molecule has 1 aromatic rings. The van der Waals surface area contributed by atoms with Crippen LogP contribution >= 0.6 is 0 Å². The molecule has 2 aliphatic heterocycles. The molecular weight excluding hydrogens is 310 g/mol. The third-order valence-corrected chi connectivity index (χ3v) is 5.52. The molecule has 2 saturated heterocycles. The van der Waals surface area contributed by atoms with Gasteiger partial charge in [-0.05, 0) is 32.2 Å². The summed E-state index contributed by atoms with van der Waals surface area (Å²) in [5.41, 5.74) is -0.619. The van der Waals surface area contributed by atoms with Crippen molar-refractivity contribution in [2.24, 2.45) is 0 Å². The van der Waals surface area contributed by atoms with Crippen LogP contribution in [-0.2, 0) is 4.79 Å². The number of hydrogen-bond donors (Lipinski definition) is 1. The molecule has 3 heterocycles. The van der Waals surface area contributed by atoms with Gasteiger partial charge in [-0.15, -0.1) is 0 Å². The van der Waals surface area contributed by atoms with Gasteiger partial charge in [0, 0.05) is 20.0 Å². The van der Waals surface area contributed by atoms with E-state index in [4.69, 9.17) is 4.52 Å². The van der Waals surface area contributed by atoms with Crippen molar-refractivity contribution in [3.63, 3.8) is 0 Å². The number of rotatable bonds is 4. The van der Waals surface area contributed by atoms with Gasteiger partial charge < -0.3 is 9.84 Å². The van der Waals surface area contributed by atoms with Crippen molar-refractivity contribution in [3.05, 3.63) is 11.7 Å². The molecule has 1 saturated carbocycles. The number of carbonyl (C=O) groups is 2. The van der Waals surface area contributed by atoms with E-state index in [0.29, 0.717) is 24.8 Å². The summed E-state index contributed by atoms with van der Waals surface area (Å²) in [5.74, 6) is 1.22. The molecule has 0 unspecified atom stereocenters. The molecular formula is C16H23N5O3. The van der Waals surface area contributed by atoms with Crippen LogP contribution in [0.2, 0.25) is 0 Å². The topological polar surface area (TPSA) is 91.6 Å². The second kappa shape index (κ2) is 5.84. The first-order valence-corrected chi connectivity index (χ1v) is 8.77. The molecule has 24 heavy (non-hydrogen) atoms. The number of aryl methyl sites for hydroxylation is 1. The summed E-state index contributed by atoms with van der Waals surface area (Å²) in [7, 11) is 0. The minimum atomic E-state index is -0.619. The number of urea groups is 1. The fourth-order valence-corrected chi connectivity index (χ4v) is 4.26. The normalized spacial score (nSPS) is 26.7. The molecule has 8 nitrogen and oxygen atoms in total. The van der Waals surface area contributed by atoms with E-state index in [1.807, 2.05) is 0 Å². The predicted molar refractivity (Wildman–Crippen MR) is 84.0 cm³/mol. The number of imide groups is 1. The molecule has 0 radical (unpaired) electrons. The molecule has 0 bridgehead atoms. The summed E-state index contributed by atoms with van der Waals surface area (Å²) in [6.45, 7) is 3.77. The monoisotopic (exact) mass is 333 g/mol. The zero-order valence-electron chi connectivity index (χ0n) is 14.0. The highest BCUT2D eigenvalue weighted by Gasteiger charge is 2.52. The first-order valence-electron chi connectivity index (χ1n) is 8.77. The van der Waals surface area contributed by atoms with E-state index in [1.165, 1.54) is 4.90 Å². The van der Waals surface area contributed by atoms with Crippen molar-refractivity contribution in [1.82, 2.24) is 25.3 Å². The number of amides is 3. The first kappa shape index (κ1) is 15.6. The molecule has 1 N–H and O–H groups in total. The van der Waals surface area contributed by atoms with Crippen molar-refractivity contribution in [3.8, 4) is 0 Å². The average molecular weight is 333 g/mol. The molecule has 0 aromatic carbocycles. The Bertz CT molecular complexity index is 652. The molecule has 1 atom stereocenters. The van der Waals surface area contributed by atoms with Gasteiger partial charge in [0.2, 0.25) is 5.89 Å². The Morgan fingerprint density at radius 2 is 2.04 bits per heavy atom. The molecule has 3 fully saturated rings. The Morgan fingerprint density at radius 3 is 2.75 bits per heavy atom. The maximum atomic E-state index is 12.7. The maximum Gasteiger partial charge on any atom is 0.325 e. The predicted octanol–water partition coefficient (Wildman–Crippen LogP) is 1.38. The first-order chi connectivity index (χ1) is 11.6. The number of carbonyl (C=O) groups excluding carboxylic acids is 2. The van der Waals surface area contributed by atoms with Gasteiger partial charge in [-0.2, -0.15) is 4.98 Å². The Balaban J connectivity index is 1.41. The van der Waals surface area contributed by atoms with Gasteiger partial charge in [0.15, 0.2) is 5.82 Å². The number of nitrogens with zero attached hydrogens (tertiary/aromatic N) is 4. The van der Waals surface area contributed by atoms with E-state index in [0.717, 1.165) is 45.1 Å². The van der Waals surface area contributed by atoms with Crippen LogP contribution in [0.25, 0.3) is 0 Å². The van der Waals surface area contributed by atoms with Crippen LogP contribution in [0.3, 0.4) is 0 Å². The lowest BCUT2D eigenvalue weighted by Crippen LogP contribution is -2.44. The van der Waals surface area contributed by atoms with Crippen LogP contribution in [0.4, 0.5) is 4.79 Å². The van der Waals surface area contributed by atoms with E-state index < -0.39 is 5.54 Å². The van der Waals surface area contributed by atoms with Crippen molar-refractivity contribution in [2.45, 2.75) is 57.0 Å². The van der Waals surface area contributed by atoms with Crippen molar-refractivity contribution < 1.29 is 14.1 Å². The lowest BCUT2D eigenvalue weighted by atomic mass is 9.98. The minimum absolute atomic E-state index is 0.0452. The summed E-state index contributed by atoms with van der Waals surface area (Å²) in [5, 5.41) is 6.96. The molecule has 1 aliphatic carbocycles. The number of hydrogen-bond acceptors (Lipinski definition) is 6. The molecule has 1 aromatic heterocycles. The van der Waals surface area contributed by atoms with Crippen molar-refractivity contribution in [2.75, 3.05) is 19.6 Å². The van der Waals surface area contributed by atoms with Gasteiger partial charge in [-0.1, -0.05) is 18.0 Å². The van der Waals surface area contributed by atoms with Gasteiger partial charge in [0.25, 0.3) is 5.91 Å². The SMILES string of the molecule is Cc1nc([C@H]2CCCN2CCN2C(=O)NC3(CCCC3)C2=O)no1. The summed E-state index contributed by atoms with van der Waals surface area (Å²) < 4.78 is 5.08. The largest absolute Gasteiger partial charge is 0.340 e. The summed E-state index contributed by atoms with van der Waals surface area (Å²) in [6.07, 6.45) is 5.58. The smallest absolute Gasteiger partial charge is 0.325 e. The van der Waals surface area contributed by atoms with E-state index in [1.54, 1.807) is 6.92 Å². The molecule has 3 amide bonds. The van der Waals surface area contributed by atoms with Crippen LogP contribution in [0, 0.1) is 6.92 Å². The second-order valence-corrected chi connectivity index (χ2v) is 7.04. The van der Waals surface area contributed by atoms with Crippen LogP contribution in [0.15, 0.2) is 4.52 Å². The average Bonchev–Trinajstić information content (AvgIpc) is 3.30. The van der Waals surface area contributed by atoms with Gasteiger partial charge in [0.05, 0.1) is 6.04 Å². The van der Waals surface area contributed by atoms with Crippen LogP contribution in [0.5, 0.6) is 0 Å². The summed E-state index contributed by atoms with van der Waals surface area (Å²) in [6, 6.07) is -0.128. The zero-order chi connectivity index (χ0) is 16.7. The maximum absolute atomic E-state index is 12.7. The highest BCUT2D eigenvalue weighted by Crippen LogP contribution is 2.35. The van der Waals surface area contributed by atoms with Crippen LogP contribution in [0.1, 0.15) is 56.3 Å². The minimum Gasteiger partial charge on any atom is -0.340 e. The quantitative estimate of drug-likeness (QED) is 0.837. The van der Waals surface area contributed by atoms with Gasteiger partial charge >= 0.3 is 6.03 Å². The number of aromatic nitrogens is 2. The second-order valence-electron chi connectivity index (χ2n) is 7.04. The lowest BCUT2D eigenvalue weighted by Gasteiger charge is -2.24. The van der Waals surface area contributed by atoms with Gasteiger partial charge in [-0.3, -0.25) is 14.6 Å². The third kappa shape index (κ3) is 2.49. The number of nitrogens with one attached hydrogen (secondary N) is 1. The van der Waals surface area contributed by atoms with E-state index >= 15 is 0 Å². The van der Waals surface area contributed by atoms with E-state index in [9.17, 15) is 9.59 Å². The highest BCUT2D eigenvalue weighted by molar-refractivity contribution is 6.07. The molecule has 4 rings (SSSR count). The molecule has 3 aliphatic rings. The van der Waals surface area contributed by atoms with E-state index in [-0.39, 0.29) is 18.0 Å². The standard InChI is InChI=1S/C16H23N5O3/c1-11-17-13(19-24-11)12-5-4-8-20(12)9-10-21-14(22)16(18-15(21)23)6-2-3-7-16/h12H,2-10H2,1H3,(H,18,23)/t12-/m1/s1. The summed E-state index contributed by atoms with van der Waals surface area (Å²) in [4.78, 5) is 32.9. The van der Waals surface area contributed by atoms with Crippen molar-refractivity contribution >= 4 is 11.9 Å². The van der Waals surface area contributed by atoms with Crippen LogP contribution < -0.4 is 5.32 Å². The Labute approximate surface area is 140 Å². The zero-order valence-corrected chi connectivity index (χ0v) is 14.0. The molecule has 130 valence electrons. The fourth-order valence-electron chi connectivity index (χ4n) is 4.26. The van der Waals surface area contributed by atoms with E-state index in [2.05, 4.69) is 20.4 Å². The van der Waals surface area contributed by atoms with Crippen LogP contribution in [-0.4, -0.2) is 57.1 Å². The Kier molecular flexibility index (Phi) is 3.79. The Hall–Kier alpha value is -1.96. The molecule has 8 heteroatoms. The molecule has 1 spiro atoms. The van der Waals surface area contributed by atoms with Gasteiger partial charge in [-0.25, -0.2) is 4.79 Å².